The number of hydrogen-bond acceptors (Lipinski definition) is 3. The van der Waals surface area contributed by atoms with E-state index in [9.17, 15) is 5.11 Å². The van der Waals surface area contributed by atoms with Gasteiger partial charge >= 0.3 is 0 Å². The lowest BCUT2D eigenvalue weighted by Crippen LogP contribution is -2.28. The predicted molar refractivity (Wildman–Crippen MR) is 66.3 cm³/mol. The van der Waals surface area contributed by atoms with Gasteiger partial charge in [0.05, 0.1) is 12.7 Å². The van der Waals surface area contributed by atoms with Gasteiger partial charge in [0, 0.05) is 12.2 Å². The van der Waals surface area contributed by atoms with E-state index in [1.807, 2.05) is 25.1 Å². The Hall–Kier alpha value is -1.06. The first-order valence-corrected chi connectivity index (χ1v) is 6.20. The fraction of sp³-hybridized carbons (Fsp3) is 0.571. The van der Waals surface area contributed by atoms with Crippen LogP contribution >= 0.6 is 0 Å². The van der Waals surface area contributed by atoms with Gasteiger partial charge in [-0.05, 0) is 38.8 Å². The second-order valence-corrected chi connectivity index (χ2v) is 4.67. The van der Waals surface area contributed by atoms with E-state index < -0.39 is 6.10 Å². The Labute approximate surface area is 102 Å². The molecule has 0 bridgehead atoms. The van der Waals surface area contributed by atoms with Crippen molar-refractivity contribution < 1.29 is 14.6 Å². The lowest BCUT2D eigenvalue weighted by atomic mass is 10.1. The second-order valence-electron chi connectivity index (χ2n) is 4.67. The van der Waals surface area contributed by atoms with E-state index in [0.29, 0.717) is 6.61 Å². The highest BCUT2D eigenvalue weighted by Crippen LogP contribution is 2.28. The molecule has 1 fully saturated rings. The summed E-state index contributed by atoms with van der Waals surface area (Å²) in [6.45, 7) is 5.25. The summed E-state index contributed by atoms with van der Waals surface area (Å²) in [7, 11) is 0. The van der Waals surface area contributed by atoms with E-state index >= 15 is 0 Å². The number of hydrogen-bond donors (Lipinski definition) is 1. The predicted octanol–water partition coefficient (Wildman–Crippen LogP) is 2.61. The summed E-state index contributed by atoms with van der Waals surface area (Å²) in [6.07, 6.45) is 1.67. The highest BCUT2D eigenvalue weighted by atomic mass is 16.5. The summed E-state index contributed by atoms with van der Waals surface area (Å²) >= 11 is 0. The van der Waals surface area contributed by atoms with Crippen molar-refractivity contribution in [2.75, 3.05) is 13.2 Å². The molecule has 2 atom stereocenters. The third-order valence-electron chi connectivity index (χ3n) is 3.03. The zero-order valence-electron chi connectivity index (χ0n) is 10.5. The molecule has 0 amide bonds. The monoisotopic (exact) mass is 236 g/mol. The standard InChI is InChI=1S/C14H20O3/c1-10-5-6-14(13(8-10)11(2)15)17-12-4-3-7-16-9-12/h5-6,8,11-12,15H,3-4,7,9H2,1-2H3. The maximum absolute atomic E-state index is 9.75. The Morgan fingerprint density at radius 2 is 2.29 bits per heavy atom. The van der Waals surface area contributed by atoms with Gasteiger partial charge in [-0.3, -0.25) is 0 Å². The number of ether oxygens (including phenoxy) is 2. The van der Waals surface area contributed by atoms with Crippen molar-refractivity contribution >= 4 is 0 Å². The van der Waals surface area contributed by atoms with E-state index in [2.05, 4.69) is 0 Å². The third kappa shape index (κ3) is 3.20. The summed E-state index contributed by atoms with van der Waals surface area (Å²) in [5.41, 5.74) is 1.99. The molecule has 1 aliphatic heterocycles. The number of aliphatic hydroxyl groups is 1. The van der Waals surface area contributed by atoms with E-state index in [-0.39, 0.29) is 6.10 Å². The lowest BCUT2D eigenvalue weighted by Gasteiger charge is -2.25. The average molecular weight is 236 g/mol. The van der Waals surface area contributed by atoms with Crippen LogP contribution in [0, 0.1) is 6.92 Å². The highest BCUT2D eigenvalue weighted by molar-refractivity contribution is 5.38. The van der Waals surface area contributed by atoms with Crippen molar-refractivity contribution in [1.29, 1.82) is 0 Å². The molecule has 1 aromatic rings. The number of benzene rings is 1. The van der Waals surface area contributed by atoms with Crippen LogP contribution in [0.2, 0.25) is 0 Å². The minimum Gasteiger partial charge on any atom is -0.488 e. The number of aliphatic hydroxyl groups excluding tert-OH is 1. The Morgan fingerprint density at radius 1 is 1.47 bits per heavy atom. The van der Waals surface area contributed by atoms with Crippen molar-refractivity contribution in [3.63, 3.8) is 0 Å². The van der Waals surface area contributed by atoms with Gasteiger partial charge in [-0.15, -0.1) is 0 Å². The number of aryl methyl sites for hydroxylation is 1. The molecule has 1 aromatic carbocycles. The minimum atomic E-state index is -0.505. The fourth-order valence-corrected chi connectivity index (χ4v) is 2.09. The van der Waals surface area contributed by atoms with Gasteiger partial charge in [-0.2, -0.15) is 0 Å². The van der Waals surface area contributed by atoms with E-state index in [1.54, 1.807) is 6.92 Å². The lowest BCUT2D eigenvalue weighted by molar-refractivity contribution is 0.00613. The summed E-state index contributed by atoms with van der Waals surface area (Å²) in [4.78, 5) is 0. The van der Waals surface area contributed by atoms with Crippen LogP contribution in [-0.2, 0) is 4.74 Å². The van der Waals surface area contributed by atoms with Crippen LogP contribution in [0.5, 0.6) is 5.75 Å². The van der Waals surface area contributed by atoms with Crippen LogP contribution in [0.15, 0.2) is 18.2 Å². The van der Waals surface area contributed by atoms with Gasteiger partial charge in [0.1, 0.15) is 11.9 Å². The fourth-order valence-electron chi connectivity index (χ4n) is 2.09. The molecule has 0 spiro atoms. The molecule has 1 N–H and O–H groups in total. The average Bonchev–Trinajstić information content (AvgIpc) is 2.32. The molecule has 0 aliphatic carbocycles. The SMILES string of the molecule is Cc1ccc(OC2CCCOC2)c(C(C)O)c1. The molecular weight excluding hydrogens is 216 g/mol. The molecule has 0 radical (unpaired) electrons. The third-order valence-corrected chi connectivity index (χ3v) is 3.03. The molecule has 2 unspecified atom stereocenters. The van der Waals surface area contributed by atoms with Crippen LogP contribution in [0.3, 0.4) is 0 Å². The van der Waals surface area contributed by atoms with Crippen LogP contribution in [-0.4, -0.2) is 24.4 Å². The Balaban J connectivity index is 2.13. The van der Waals surface area contributed by atoms with E-state index in [4.69, 9.17) is 9.47 Å². The molecule has 3 heteroatoms. The maximum Gasteiger partial charge on any atom is 0.125 e. The summed E-state index contributed by atoms with van der Waals surface area (Å²) in [5.74, 6) is 0.779. The van der Waals surface area contributed by atoms with Crippen LogP contribution in [0.1, 0.15) is 37.0 Å². The molecule has 94 valence electrons. The zero-order valence-corrected chi connectivity index (χ0v) is 10.5. The Morgan fingerprint density at radius 3 is 2.94 bits per heavy atom. The van der Waals surface area contributed by atoms with Crippen molar-refractivity contribution in [2.24, 2.45) is 0 Å². The molecule has 17 heavy (non-hydrogen) atoms. The Bertz CT molecular complexity index is 368. The molecule has 2 rings (SSSR count). The van der Waals surface area contributed by atoms with Crippen LogP contribution < -0.4 is 4.74 Å². The van der Waals surface area contributed by atoms with Gasteiger partial charge in [0.15, 0.2) is 0 Å². The second kappa shape index (κ2) is 5.52. The van der Waals surface area contributed by atoms with Crippen molar-refractivity contribution in [3.8, 4) is 5.75 Å². The van der Waals surface area contributed by atoms with Crippen LogP contribution in [0.25, 0.3) is 0 Å². The van der Waals surface area contributed by atoms with Crippen molar-refractivity contribution in [2.45, 2.75) is 38.9 Å². The van der Waals surface area contributed by atoms with E-state index in [0.717, 1.165) is 36.3 Å². The molecule has 1 heterocycles. The van der Waals surface area contributed by atoms with Gasteiger partial charge in [0.2, 0.25) is 0 Å². The van der Waals surface area contributed by atoms with Gasteiger partial charge in [0.25, 0.3) is 0 Å². The molecule has 3 nitrogen and oxygen atoms in total. The van der Waals surface area contributed by atoms with E-state index in [1.165, 1.54) is 0 Å². The minimum absolute atomic E-state index is 0.115. The first-order chi connectivity index (χ1) is 8.16. The topological polar surface area (TPSA) is 38.7 Å². The molecule has 1 aliphatic rings. The smallest absolute Gasteiger partial charge is 0.125 e. The molecule has 0 aromatic heterocycles. The Kier molecular flexibility index (Phi) is 4.02. The molecule has 0 saturated carbocycles. The summed E-state index contributed by atoms with van der Waals surface area (Å²) in [5, 5.41) is 9.75. The van der Waals surface area contributed by atoms with Crippen molar-refractivity contribution in [1.82, 2.24) is 0 Å². The van der Waals surface area contributed by atoms with Crippen LogP contribution in [0.4, 0.5) is 0 Å². The number of rotatable bonds is 3. The van der Waals surface area contributed by atoms with Crippen molar-refractivity contribution in [3.05, 3.63) is 29.3 Å². The molecule has 1 saturated heterocycles. The quantitative estimate of drug-likeness (QED) is 0.876. The largest absolute Gasteiger partial charge is 0.488 e. The highest BCUT2D eigenvalue weighted by Gasteiger charge is 2.18. The maximum atomic E-state index is 9.75. The first kappa shape index (κ1) is 12.4. The summed E-state index contributed by atoms with van der Waals surface area (Å²) in [6, 6.07) is 5.92. The first-order valence-electron chi connectivity index (χ1n) is 6.20. The van der Waals surface area contributed by atoms with Gasteiger partial charge in [-0.25, -0.2) is 0 Å². The zero-order chi connectivity index (χ0) is 12.3. The van der Waals surface area contributed by atoms with Gasteiger partial charge < -0.3 is 14.6 Å². The normalized spacial score (nSPS) is 22.2. The molecular formula is C14H20O3. The van der Waals surface area contributed by atoms with Gasteiger partial charge in [-0.1, -0.05) is 11.6 Å². The summed E-state index contributed by atoms with van der Waals surface area (Å²) < 4.78 is 11.3.